The predicted molar refractivity (Wildman–Crippen MR) is 89.5 cm³/mol. The van der Waals surface area contributed by atoms with Crippen LogP contribution in [-0.4, -0.2) is 61.0 Å². The molecule has 2 heterocycles. The Morgan fingerprint density at radius 1 is 1.23 bits per heavy atom. The largest absolute Gasteiger partial charge is 0.340 e. The van der Waals surface area contributed by atoms with E-state index in [9.17, 15) is 13.2 Å². The van der Waals surface area contributed by atoms with Crippen LogP contribution in [0.2, 0.25) is 0 Å². The Morgan fingerprint density at radius 2 is 1.91 bits per heavy atom. The number of nitrogens with two attached hydrogens (primary N) is 1. The van der Waals surface area contributed by atoms with Crippen LogP contribution >= 0.6 is 12.4 Å². The molecule has 0 aromatic heterocycles. The molecular formula is C14H28ClN3O3S. The van der Waals surface area contributed by atoms with Gasteiger partial charge in [-0.25, -0.2) is 8.42 Å². The van der Waals surface area contributed by atoms with Crippen molar-refractivity contribution in [2.75, 3.05) is 25.4 Å². The van der Waals surface area contributed by atoms with Gasteiger partial charge in [0, 0.05) is 25.7 Å². The van der Waals surface area contributed by atoms with Crippen molar-refractivity contribution in [1.82, 2.24) is 9.21 Å². The van der Waals surface area contributed by atoms with Gasteiger partial charge in [0.05, 0.1) is 5.75 Å². The molecule has 0 spiro atoms. The average Bonchev–Trinajstić information content (AvgIpc) is 2.94. The van der Waals surface area contributed by atoms with E-state index in [1.807, 2.05) is 6.92 Å². The molecule has 2 rings (SSSR count). The van der Waals surface area contributed by atoms with Gasteiger partial charge in [-0.15, -0.1) is 12.4 Å². The molecule has 1 amide bonds. The zero-order valence-electron chi connectivity index (χ0n) is 13.2. The van der Waals surface area contributed by atoms with E-state index in [-0.39, 0.29) is 30.1 Å². The minimum Gasteiger partial charge on any atom is -0.340 e. The van der Waals surface area contributed by atoms with Crippen LogP contribution in [0.25, 0.3) is 0 Å². The fraction of sp³-hybridized carbons (Fsp3) is 0.929. The lowest BCUT2D eigenvalue weighted by Crippen LogP contribution is -2.53. The van der Waals surface area contributed by atoms with E-state index >= 15 is 0 Å². The van der Waals surface area contributed by atoms with Crippen LogP contribution in [0.3, 0.4) is 0 Å². The minimum atomic E-state index is -3.31. The van der Waals surface area contributed by atoms with E-state index in [4.69, 9.17) is 5.73 Å². The number of hydrogen-bond donors (Lipinski definition) is 1. The van der Waals surface area contributed by atoms with Gasteiger partial charge in [0.15, 0.2) is 0 Å². The van der Waals surface area contributed by atoms with Crippen molar-refractivity contribution in [2.24, 2.45) is 5.73 Å². The number of carbonyl (C=O) groups excluding carboxylic acids is 1. The maximum absolute atomic E-state index is 12.6. The summed E-state index contributed by atoms with van der Waals surface area (Å²) < 4.78 is 26.2. The van der Waals surface area contributed by atoms with Crippen LogP contribution in [0, 0.1) is 0 Å². The molecule has 2 N–H and O–H groups in total. The summed E-state index contributed by atoms with van der Waals surface area (Å²) in [6, 6.07) is -0.480. The summed E-state index contributed by atoms with van der Waals surface area (Å²) in [5.41, 5.74) is 5.92. The maximum Gasteiger partial charge on any atom is 0.241 e. The number of rotatable bonds is 5. The average molecular weight is 354 g/mol. The van der Waals surface area contributed by atoms with Gasteiger partial charge in [0.1, 0.15) is 6.04 Å². The summed E-state index contributed by atoms with van der Waals surface area (Å²) in [6.45, 7) is 3.70. The molecule has 0 bridgehead atoms. The Kier molecular flexibility index (Phi) is 7.58. The third-order valence-electron chi connectivity index (χ3n) is 4.37. The topological polar surface area (TPSA) is 83.7 Å². The van der Waals surface area contributed by atoms with E-state index in [0.29, 0.717) is 32.5 Å². The molecule has 2 aliphatic heterocycles. The first-order valence-corrected chi connectivity index (χ1v) is 9.60. The second kappa shape index (κ2) is 8.47. The van der Waals surface area contributed by atoms with Crippen LogP contribution in [0.5, 0.6) is 0 Å². The highest BCUT2D eigenvalue weighted by Crippen LogP contribution is 2.25. The molecular weight excluding hydrogens is 326 g/mol. The summed E-state index contributed by atoms with van der Waals surface area (Å²) in [6.07, 6.45) is 4.73. The van der Waals surface area contributed by atoms with Gasteiger partial charge >= 0.3 is 0 Å². The molecule has 2 unspecified atom stereocenters. The highest BCUT2D eigenvalue weighted by atomic mass is 35.5. The van der Waals surface area contributed by atoms with E-state index in [1.165, 1.54) is 4.31 Å². The molecule has 2 fully saturated rings. The number of sulfonamides is 1. The lowest BCUT2D eigenvalue weighted by atomic mass is 10.1. The normalized spacial score (nSPS) is 26.7. The zero-order chi connectivity index (χ0) is 15.5. The molecule has 8 heteroatoms. The van der Waals surface area contributed by atoms with Gasteiger partial charge < -0.3 is 10.6 Å². The third kappa shape index (κ3) is 4.57. The van der Waals surface area contributed by atoms with Crippen molar-refractivity contribution >= 4 is 28.3 Å². The van der Waals surface area contributed by atoms with Crippen LogP contribution in [0.1, 0.15) is 45.4 Å². The molecule has 22 heavy (non-hydrogen) atoms. The second-order valence-corrected chi connectivity index (χ2v) is 8.17. The first kappa shape index (κ1) is 19.7. The van der Waals surface area contributed by atoms with Crippen molar-refractivity contribution in [3.63, 3.8) is 0 Å². The number of halogens is 1. The molecule has 0 radical (unpaired) electrons. The highest BCUT2D eigenvalue weighted by molar-refractivity contribution is 7.89. The number of hydrogen-bond acceptors (Lipinski definition) is 4. The van der Waals surface area contributed by atoms with Crippen LogP contribution in [0.15, 0.2) is 0 Å². The van der Waals surface area contributed by atoms with Crippen molar-refractivity contribution in [3.8, 4) is 0 Å². The van der Waals surface area contributed by atoms with Crippen LogP contribution < -0.4 is 5.73 Å². The van der Waals surface area contributed by atoms with E-state index < -0.39 is 16.1 Å². The summed E-state index contributed by atoms with van der Waals surface area (Å²) in [5, 5.41) is 0. The molecule has 0 aliphatic carbocycles. The Hall–Kier alpha value is -0.370. The number of carbonyl (C=O) groups is 1. The fourth-order valence-electron chi connectivity index (χ4n) is 3.18. The lowest BCUT2D eigenvalue weighted by molar-refractivity contribution is -0.135. The fourth-order valence-corrected chi connectivity index (χ4v) is 5.06. The molecule has 0 aromatic rings. The molecule has 6 nitrogen and oxygen atoms in total. The smallest absolute Gasteiger partial charge is 0.241 e. The van der Waals surface area contributed by atoms with Crippen LogP contribution in [0.4, 0.5) is 0 Å². The Balaban J connectivity index is 0.00000242. The Bertz CT molecular complexity index is 472. The van der Waals surface area contributed by atoms with Crippen LogP contribution in [-0.2, 0) is 14.8 Å². The molecule has 2 aliphatic rings. The van der Waals surface area contributed by atoms with Gasteiger partial charge in [-0.3, -0.25) is 4.79 Å². The van der Waals surface area contributed by atoms with Gasteiger partial charge in [-0.05, 0) is 32.1 Å². The molecule has 130 valence electrons. The zero-order valence-corrected chi connectivity index (χ0v) is 14.9. The number of amides is 1. The van der Waals surface area contributed by atoms with Crippen molar-refractivity contribution in [3.05, 3.63) is 0 Å². The first-order chi connectivity index (χ1) is 9.95. The Labute approximate surface area is 139 Å². The second-order valence-electron chi connectivity index (χ2n) is 6.12. The van der Waals surface area contributed by atoms with Gasteiger partial charge in [-0.2, -0.15) is 4.31 Å². The summed E-state index contributed by atoms with van der Waals surface area (Å²) in [4.78, 5) is 14.4. The van der Waals surface area contributed by atoms with Gasteiger partial charge in [0.2, 0.25) is 15.9 Å². The number of unbranched alkanes of at least 4 members (excludes halogenated alkanes) is 1. The van der Waals surface area contributed by atoms with E-state index in [0.717, 1.165) is 25.7 Å². The van der Waals surface area contributed by atoms with E-state index in [2.05, 4.69) is 0 Å². The SMILES string of the molecule is CCCCS(=O)(=O)N1CCCC1C(=O)N1CCCC(N)C1.Cl. The highest BCUT2D eigenvalue weighted by Gasteiger charge is 2.40. The van der Waals surface area contributed by atoms with Crippen molar-refractivity contribution in [1.29, 1.82) is 0 Å². The summed E-state index contributed by atoms with van der Waals surface area (Å²) in [5.74, 6) is 0.0926. The molecule has 2 saturated heterocycles. The monoisotopic (exact) mass is 353 g/mol. The van der Waals surface area contributed by atoms with Crippen molar-refractivity contribution < 1.29 is 13.2 Å². The Morgan fingerprint density at radius 3 is 2.55 bits per heavy atom. The maximum atomic E-state index is 12.6. The molecule has 0 aromatic carbocycles. The lowest BCUT2D eigenvalue weighted by Gasteiger charge is -2.34. The first-order valence-electron chi connectivity index (χ1n) is 7.99. The van der Waals surface area contributed by atoms with Gasteiger partial charge in [-0.1, -0.05) is 13.3 Å². The van der Waals surface area contributed by atoms with Gasteiger partial charge in [0.25, 0.3) is 0 Å². The molecule has 2 atom stereocenters. The van der Waals surface area contributed by atoms with Crippen molar-refractivity contribution in [2.45, 2.75) is 57.5 Å². The predicted octanol–water partition coefficient (Wildman–Crippen LogP) is 0.952. The summed E-state index contributed by atoms with van der Waals surface area (Å²) in [7, 11) is -3.31. The third-order valence-corrected chi connectivity index (χ3v) is 6.33. The number of nitrogens with zero attached hydrogens (tertiary/aromatic N) is 2. The summed E-state index contributed by atoms with van der Waals surface area (Å²) >= 11 is 0. The minimum absolute atomic E-state index is 0. The van der Waals surface area contributed by atoms with E-state index in [1.54, 1.807) is 4.90 Å². The molecule has 0 saturated carbocycles. The number of likely N-dealkylation sites (tertiary alicyclic amines) is 1. The number of piperidine rings is 1. The quantitative estimate of drug-likeness (QED) is 0.797. The standard InChI is InChI=1S/C14H27N3O3S.ClH/c1-2-3-10-21(19,20)17-9-5-7-13(17)14(18)16-8-4-6-12(15)11-16;/h12-13H,2-11,15H2,1H3;1H.